The second kappa shape index (κ2) is 8.06. The van der Waals surface area contributed by atoms with Crippen molar-refractivity contribution in [3.63, 3.8) is 0 Å². The van der Waals surface area contributed by atoms with Crippen LogP contribution < -0.4 is 0 Å². The summed E-state index contributed by atoms with van der Waals surface area (Å²) >= 11 is 0. The van der Waals surface area contributed by atoms with Gasteiger partial charge in [0.05, 0.1) is 18.8 Å². The van der Waals surface area contributed by atoms with E-state index in [1.807, 2.05) is 0 Å². The van der Waals surface area contributed by atoms with Gasteiger partial charge in [0.15, 0.2) is 0 Å². The highest BCUT2D eigenvalue weighted by molar-refractivity contribution is 5.25. The van der Waals surface area contributed by atoms with Gasteiger partial charge in [-0.2, -0.15) is 13.2 Å². The molecule has 140 valence electrons. The molecule has 0 aromatic heterocycles. The second-order valence-corrected chi connectivity index (χ2v) is 7.20. The SMILES string of the molecule is C[C@H](C1CCN(Cc2cccc(C(F)(F)F)c2)CC1)N1CCOCC1. The summed E-state index contributed by atoms with van der Waals surface area (Å²) in [6.45, 7) is 8.46. The summed E-state index contributed by atoms with van der Waals surface area (Å²) in [7, 11) is 0. The fourth-order valence-electron chi connectivity index (χ4n) is 3.98. The second-order valence-electron chi connectivity index (χ2n) is 7.20. The molecule has 1 aromatic carbocycles. The molecule has 0 saturated carbocycles. The Labute approximate surface area is 147 Å². The van der Waals surface area contributed by atoms with Gasteiger partial charge in [0.25, 0.3) is 0 Å². The molecule has 0 radical (unpaired) electrons. The Morgan fingerprint density at radius 2 is 1.80 bits per heavy atom. The van der Waals surface area contributed by atoms with Crippen LogP contribution in [-0.2, 0) is 17.5 Å². The van der Waals surface area contributed by atoms with Crippen LogP contribution in [0.3, 0.4) is 0 Å². The number of hydrogen-bond acceptors (Lipinski definition) is 3. The molecule has 3 rings (SSSR count). The number of hydrogen-bond donors (Lipinski definition) is 0. The third-order valence-electron chi connectivity index (χ3n) is 5.60. The van der Waals surface area contributed by atoms with Gasteiger partial charge in [0, 0.05) is 25.7 Å². The highest BCUT2D eigenvalue weighted by atomic mass is 19.4. The zero-order valence-corrected chi connectivity index (χ0v) is 14.8. The lowest BCUT2D eigenvalue weighted by Crippen LogP contribution is -2.48. The van der Waals surface area contributed by atoms with E-state index in [-0.39, 0.29) is 0 Å². The maximum absolute atomic E-state index is 12.8. The minimum atomic E-state index is -4.27. The quantitative estimate of drug-likeness (QED) is 0.819. The average Bonchev–Trinajstić information content (AvgIpc) is 2.62. The van der Waals surface area contributed by atoms with E-state index in [4.69, 9.17) is 4.74 Å². The summed E-state index contributed by atoms with van der Waals surface area (Å²) in [6, 6.07) is 6.27. The molecule has 6 heteroatoms. The van der Waals surface area contributed by atoms with Gasteiger partial charge in [-0.25, -0.2) is 0 Å². The summed E-state index contributed by atoms with van der Waals surface area (Å²) in [5, 5.41) is 0. The van der Waals surface area contributed by atoms with Crippen molar-refractivity contribution >= 4 is 0 Å². The first kappa shape index (κ1) is 18.7. The number of nitrogens with zero attached hydrogens (tertiary/aromatic N) is 2. The van der Waals surface area contributed by atoms with Crippen molar-refractivity contribution in [1.82, 2.24) is 9.80 Å². The van der Waals surface area contributed by atoms with Crippen molar-refractivity contribution in [1.29, 1.82) is 0 Å². The first-order valence-corrected chi connectivity index (χ1v) is 9.14. The minimum Gasteiger partial charge on any atom is -0.379 e. The van der Waals surface area contributed by atoms with Crippen molar-refractivity contribution in [2.24, 2.45) is 5.92 Å². The zero-order valence-electron chi connectivity index (χ0n) is 14.8. The number of likely N-dealkylation sites (tertiary alicyclic amines) is 1. The number of alkyl halides is 3. The van der Waals surface area contributed by atoms with Gasteiger partial charge in [-0.1, -0.05) is 18.2 Å². The third kappa shape index (κ3) is 4.96. The Morgan fingerprint density at radius 1 is 1.12 bits per heavy atom. The molecule has 1 atom stereocenters. The van der Waals surface area contributed by atoms with Crippen LogP contribution in [0.2, 0.25) is 0 Å². The molecule has 0 unspecified atom stereocenters. The molecule has 2 saturated heterocycles. The summed E-state index contributed by atoms with van der Waals surface area (Å²) in [5.41, 5.74) is 0.190. The largest absolute Gasteiger partial charge is 0.416 e. The van der Waals surface area contributed by atoms with Crippen LogP contribution in [-0.4, -0.2) is 55.2 Å². The molecule has 1 aromatic rings. The summed E-state index contributed by atoms with van der Waals surface area (Å²) in [6.07, 6.45) is -2.05. The lowest BCUT2D eigenvalue weighted by molar-refractivity contribution is -0.137. The maximum Gasteiger partial charge on any atom is 0.416 e. The number of piperidine rings is 1. The summed E-state index contributed by atoms with van der Waals surface area (Å²) in [4.78, 5) is 4.79. The van der Waals surface area contributed by atoms with Crippen LogP contribution in [0.4, 0.5) is 13.2 Å². The fraction of sp³-hybridized carbons (Fsp3) is 0.684. The Balaban J connectivity index is 1.51. The fourth-order valence-corrected chi connectivity index (χ4v) is 3.98. The highest BCUT2D eigenvalue weighted by Crippen LogP contribution is 2.30. The van der Waals surface area contributed by atoms with Crippen LogP contribution >= 0.6 is 0 Å². The number of ether oxygens (including phenoxy) is 1. The third-order valence-corrected chi connectivity index (χ3v) is 5.60. The highest BCUT2D eigenvalue weighted by Gasteiger charge is 2.31. The van der Waals surface area contributed by atoms with Crippen molar-refractivity contribution in [3.8, 4) is 0 Å². The van der Waals surface area contributed by atoms with Crippen LogP contribution in [0.25, 0.3) is 0 Å². The molecule has 2 fully saturated rings. The predicted octanol–water partition coefficient (Wildman–Crippen LogP) is 3.64. The van der Waals surface area contributed by atoms with Gasteiger partial charge in [-0.15, -0.1) is 0 Å². The van der Waals surface area contributed by atoms with E-state index in [0.717, 1.165) is 63.9 Å². The molecular weight excluding hydrogens is 329 g/mol. The van der Waals surface area contributed by atoms with E-state index in [1.165, 1.54) is 12.1 Å². The topological polar surface area (TPSA) is 15.7 Å². The van der Waals surface area contributed by atoms with E-state index in [1.54, 1.807) is 6.07 Å². The van der Waals surface area contributed by atoms with Crippen molar-refractivity contribution in [3.05, 3.63) is 35.4 Å². The smallest absolute Gasteiger partial charge is 0.379 e. The van der Waals surface area contributed by atoms with Gasteiger partial charge in [0.1, 0.15) is 0 Å². The van der Waals surface area contributed by atoms with Crippen molar-refractivity contribution in [2.75, 3.05) is 39.4 Å². The monoisotopic (exact) mass is 356 g/mol. The van der Waals surface area contributed by atoms with Gasteiger partial charge in [0.2, 0.25) is 0 Å². The standard InChI is InChI=1S/C19H27F3N2O/c1-15(24-9-11-25-12-10-24)17-5-7-23(8-6-17)14-16-3-2-4-18(13-16)19(20,21)22/h2-4,13,15,17H,5-12,14H2,1H3/t15-/m1/s1. The van der Waals surface area contributed by atoms with Crippen LogP contribution in [0.5, 0.6) is 0 Å². The molecule has 2 aliphatic rings. The maximum atomic E-state index is 12.8. The van der Waals surface area contributed by atoms with Gasteiger partial charge in [-0.05, 0) is 50.4 Å². The summed E-state index contributed by atoms with van der Waals surface area (Å²) in [5.74, 6) is 0.663. The lowest BCUT2D eigenvalue weighted by atomic mass is 9.89. The molecule has 0 bridgehead atoms. The summed E-state index contributed by atoms with van der Waals surface area (Å²) < 4.78 is 43.9. The minimum absolute atomic E-state index is 0.555. The molecule has 0 N–H and O–H groups in total. The van der Waals surface area contributed by atoms with Crippen molar-refractivity contribution in [2.45, 2.75) is 38.5 Å². The Hall–Kier alpha value is -1.11. The Morgan fingerprint density at radius 3 is 2.44 bits per heavy atom. The van der Waals surface area contributed by atoms with E-state index < -0.39 is 11.7 Å². The van der Waals surface area contributed by atoms with Crippen LogP contribution in [0.1, 0.15) is 30.9 Å². The number of morpholine rings is 1. The average molecular weight is 356 g/mol. The zero-order chi connectivity index (χ0) is 17.9. The Kier molecular flexibility index (Phi) is 6.02. The molecule has 2 aliphatic heterocycles. The predicted molar refractivity (Wildman–Crippen MR) is 91.3 cm³/mol. The number of halogens is 3. The van der Waals surface area contributed by atoms with E-state index in [9.17, 15) is 13.2 Å². The number of benzene rings is 1. The van der Waals surface area contributed by atoms with Crippen molar-refractivity contribution < 1.29 is 17.9 Å². The normalized spacial score (nSPS) is 22.9. The molecule has 2 heterocycles. The molecular formula is C19H27F3N2O. The molecule has 0 spiro atoms. The first-order valence-electron chi connectivity index (χ1n) is 9.14. The molecule has 25 heavy (non-hydrogen) atoms. The van der Waals surface area contributed by atoms with Crippen LogP contribution in [0, 0.1) is 5.92 Å². The van der Waals surface area contributed by atoms with E-state index in [2.05, 4.69) is 16.7 Å². The van der Waals surface area contributed by atoms with Gasteiger partial charge in [-0.3, -0.25) is 9.80 Å². The Bertz CT molecular complexity index is 550. The van der Waals surface area contributed by atoms with Gasteiger partial charge < -0.3 is 4.74 Å². The van der Waals surface area contributed by atoms with Crippen LogP contribution in [0.15, 0.2) is 24.3 Å². The van der Waals surface area contributed by atoms with Gasteiger partial charge >= 0.3 is 6.18 Å². The lowest BCUT2D eigenvalue weighted by Gasteiger charge is -2.41. The molecule has 0 aliphatic carbocycles. The van der Waals surface area contributed by atoms with E-state index >= 15 is 0 Å². The number of rotatable bonds is 4. The molecule has 3 nitrogen and oxygen atoms in total. The van der Waals surface area contributed by atoms with E-state index in [0.29, 0.717) is 18.5 Å². The first-order chi connectivity index (χ1) is 11.9. The molecule has 0 amide bonds.